The highest BCUT2D eigenvalue weighted by Gasteiger charge is 2.17. The first-order chi connectivity index (χ1) is 8.97. The van der Waals surface area contributed by atoms with Gasteiger partial charge < -0.3 is 15.4 Å². The van der Waals surface area contributed by atoms with Gasteiger partial charge in [0.1, 0.15) is 5.75 Å². The SMILES string of the molecule is CCC(C)NC(=O)C(=O)Nc1cc(Cl)ccc1OC. The largest absolute Gasteiger partial charge is 0.495 e. The van der Waals surface area contributed by atoms with Crippen LogP contribution in [0.2, 0.25) is 5.02 Å². The van der Waals surface area contributed by atoms with E-state index in [4.69, 9.17) is 16.3 Å². The molecular weight excluding hydrogens is 268 g/mol. The second-order valence-electron chi connectivity index (χ2n) is 4.08. The van der Waals surface area contributed by atoms with Crippen molar-refractivity contribution in [2.45, 2.75) is 26.3 Å². The summed E-state index contributed by atoms with van der Waals surface area (Å²) in [5.74, 6) is -0.994. The van der Waals surface area contributed by atoms with E-state index in [2.05, 4.69) is 10.6 Å². The highest BCUT2D eigenvalue weighted by atomic mass is 35.5. The molecule has 1 aromatic carbocycles. The number of benzene rings is 1. The van der Waals surface area contributed by atoms with Crippen LogP contribution in [0.3, 0.4) is 0 Å². The van der Waals surface area contributed by atoms with Crippen molar-refractivity contribution in [3.05, 3.63) is 23.2 Å². The van der Waals surface area contributed by atoms with Crippen LogP contribution in [0.25, 0.3) is 0 Å². The zero-order valence-electron chi connectivity index (χ0n) is 11.1. The van der Waals surface area contributed by atoms with Gasteiger partial charge in [-0.25, -0.2) is 0 Å². The maximum atomic E-state index is 11.7. The quantitative estimate of drug-likeness (QED) is 0.833. The Hall–Kier alpha value is -1.75. The second kappa shape index (κ2) is 6.99. The number of amides is 2. The van der Waals surface area contributed by atoms with Gasteiger partial charge in [-0.05, 0) is 31.5 Å². The molecule has 0 saturated carbocycles. The number of methoxy groups -OCH3 is 1. The van der Waals surface area contributed by atoms with Crippen LogP contribution < -0.4 is 15.4 Å². The lowest BCUT2D eigenvalue weighted by Gasteiger charge is -2.13. The normalized spacial score (nSPS) is 11.6. The van der Waals surface area contributed by atoms with Gasteiger partial charge in [0, 0.05) is 11.1 Å². The maximum Gasteiger partial charge on any atom is 0.313 e. The van der Waals surface area contributed by atoms with E-state index in [1.807, 2.05) is 13.8 Å². The van der Waals surface area contributed by atoms with Gasteiger partial charge in [-0.1, -0.05) is 18.5 Å². The fourth-order valence-electron chi connectivity index (χ4n) is 1.35. The molecule has 6 heteroatoms. The van der Waals surface area contributed by atoms with Crippen molar-refractivity contribution in [1.82, 2.24) is 5.32 Å². The van der Waals surface area contributed by atoms with Crippen molar-refractivity contribution >= 4 is 29.1 Å². The third-order valence-corrected chi connectivity index (χ3v) is 2.84. The first-order valence-corrected chi connectivity index (χ1v) is 6.31. The molecule has 1 rings (SSSR count). The van der Waals surface area contributed by atoms with Gasteiger partial charge in [-0.2, -0.15) is 0 Å². The summed E-state index contributed by atoms with van der Waals surface area (Å²) in [5.41, 5.74) is 0.360. The predicted octanol–water partition coefficient (Wildman–Crippen LogP) is 2.20. The van der Waals surface area contributed by atoms with Crippen LogP contribution >= 0.6 is 11.6 Å². The number of nitrogens with one attached hydrogen (secondary N) is 2. The van der Waals surface area contributed by atoms with E-state index in [1.54, 1.807) is 12.1 Å². The Morgan fingerprint density at radius 2 is 2.05 bits per heavy atom. The van der Waals surface area contributed by atoms with Crippen LogP contribution in [0.5, 0.6) is 5.75 Å². The predicted molar refractivity (Wildman–Crippen MR) is 74.5 cm³/mol. The highest BCUT2D eigenvalue weighted by Crippen LogP contribution is 2.27. The average molecular weight is 285 g/mol. The number of carbonyl (C=O) groups is 2. The molecule has 0 radical (unpaired) electrons. The fourth-order valence-corrected chi connectivity index (χ4v) is 1.52. The van der Waals surface area contributed by atoms with Crippen LogP contribution in [-0.2, 0) is 9.59 Å². The van der Waals surface area contributed by atoms with Gasteiger partial charge in [0.05, 0.1) is 12.8 Å². The Bertz CT molecular complexity index is 477. The number of hydrogen-bond donors (Lipinski definition) is 2. The molecule has 0 heterocycles. The molecule has 19 heavy (non-hydrogen) atoms. The first-order valence-electron chi connectivity index (χ1n) is 5.93. The average Bonchev–Trinajstić information content (AvgIpc) is 2.38. The van der Waals surface area contributed by atoms with E-state index < -0.39 is 11.8 Å². The van der Waals surface area contributed by atoms with Gasteiger partial charge in [0.15, 0.2) is 0 Å². The van der Waals surface area contributed by atoms with Gasteiger partial charge >= 0.3 is 11.8 Å². The van der Waals surface area contributed by atoms with Crippen molar-refractivity contribution in [2.24, 2.45) is 0 Å². The van der Waals surface area contributed by atoms with E-state index in [9.17, 15) is 9.59 Å². The lowest BCUT2D eigenvalue weighted by atomic mass is 10.2. The molecule has 0 aliphatic rings. The number of halogens is 1. The van der Waals surface area contributed by atoms with E-state index >= 15 is 0 Å². The lowest BCUT2D eigenvalue weighted by molar-refractivity contribution is -0.136. The summed E-state index contributed by atoms with van der Waals surface area (Å²) in [6, 6.07) is 4.72. The molecule has 0 spiro atoms. The van der Waals surface area contributed by atoms with Crippen molar-refractivity contribution in [2.75, 3.05) is 12.4 Å². The van der Waals surface area contributed by atoms with Crippen LogP contribution in [0.4, 0.5) is 5.69 Å². The van der Waals surface area contributed by atoms with E-state index in [0.29, 0.717) is 16.5 Å². The Labute approximate surface area is 117 Å². The number of carbonyl (C=O) groups excluding carboxylic acids is 2. The molecule has 0 bridgehead atoms. The van der Waals surface area contributed by atoms with Gasteiger partial charge in [0.2, 0.25) is 0 Å². The molecule has 0 fully saturated rings. The zero-order chi connectivity index (χ0) is 14.4. The summed E-state index contributed by atoms with van der Waals surface area (Å²) >= 11 is 5.84. The summed E-state index contributed by atoms with van der Waals surface area (Å²) in [7, 11) is 1.47. The minimum atomic E-state index is -0.749. The van der Waals surface area contributed by atoms with Gasteiger partial charge in [0.25, 0.3) is 0 Å². The van der Waals surface area contributed by atoms with Crippen molar-refractivity contribution in [3.8, 4) is 5.75 Å². The van der Waals surface area contributed by atoms with E-state index in [1.165, 1.54) is 13.2 Å². The lowest BCUT2D eigenvalue weighted by Crippen LogP contribution is -2.40. The van der Waals surface area contributed by atoms with E-state index in [-0.39, 0.29) is 6.04 Å². The van der Waals surface area contributed by atoms with Crippen molar-refractivity contribution in [1.29, 1.82) is 0 Å². The summed E-state index contributed by atoms with van der Waals surface area (Å²) in [6.07, 6.45) is 0.750. The minimum absolute atomic E-state index is 0.0560. The highest BCUT2D eigenvalue weighted by molar-refractivity contribution is 6.40. The van der Waals surface area contributed by atoms with Crippen LogP contribution in [0.15, 0.2) is 18.2 Å². The van der Waals surface area contributed by atoms with Crippen LogP contribution in [0, 0.1) is 0 Å². The molecule has 2 N–H and O–H groups in total. The molecule has 1 unspecified atom stereocenters. The molecule has 0 aliphatic heterocycles. The van der Waals surface area contributed by atoms with E-state index in [0.717, 1.165) is 6.42 Å². The first kappa shape index (κ1) is 15.3. The standard InChI is InChI=1S/C13H17ClN2O3/c1-4-8(2)15-12(17)13(18)16-10-7-9(14)5-6-11(10)19-3/h5-8H,4H2,1-3H3,(H,15,17)(H,16,18). The molecule has 5 nitrogen and oxygen atoms in total. The summed E-state index contributed by atoms with van der Waals surface area (Å²) in [6.45, 7) is 3.74. The minimum Gasteiger partial charge on any atom is -0.495 e. The number of anilines is 1. The summed E-state index contributed by atoms with van der Waals surface area (Å²) in [4.78, 5) is 23.3. The molecular formula is C13H17ClN2O3. The second-order valence-corrected chi connectivity index (χ2v) is 4.52. The van der Waals surface area contributed by atoms with Gasteiger partial charge in [-0.3, -0.25) is 9.59 Å². The fraction of sp³-hybridized carbons (Fsp3) is 0.385. The number of ether oxygens (including phenoxy) is 1. The molecule has 0 aliphatic carbocycles. The maximum absolute atomic E-state index is 11.7. The molecule has 1 aromatic rings. The smallest absolute Gasteiger partial charge is 0.313 e. The number of rotatable bonds is 4. The third kappa shape index (κ3) is 4.44. The van der Waals surface area contributed by atoms with Crippen LogP contribution in [-0.4, -0.2) is 25.0 Å². The van der Waals surface area contributed by atoms with Gasteiger partial charge in [-0.15, -0.1) is 0 Å². The topological polar surface area (TPSA) is 67.4 Å². The Morgan fingerprint density at radius 1 is 1.37 bits per heavy atom. The number of hydrogen-bond acceptors (Lipinski definition) is 3. The Morgan fingerprint density at radius 3 is 2.63 bits per heavy atom. The molecule has 0 saturated heterocycles. The summed E-state index contributed by atoms with van der Waals surface area (Å²) < 4.78 is 5.08. The summed E-state index contributed by atoms with van der Waals surface area (Å²) in [5, 5.41) is 5.49. The monoisotopic (exact) mass is 284 g/mol. The molecule has 104 valence electrons. The Kier molecular flexibility index (Phi) is 5.63. The molecule has 0 aromatic heterocycles. The zero-order valence-corrected chi connectivity index (χ0v) is 11.9. The molecule has 1 atom stereocenters. The third-order valence-electron chi connectivity index (χ3n) is 2.61. The van der Waals surface area contributed by atoms with Crippen LogP contribution in [0.1, 0.15) is 20.3 Å². The molecule has 2 amide bonds. The van der Waals surface area contributed by atoms with Crippen molar-refractivity contribution < 1.29 is 14.3 Å². The Balaban J connectivity index is 2.76. The van der Waals surface area contributed by atoms with Crippen molar-refractivity contribution in [3.63, 3.8) is 0 Å².